The van der Waals surface area contributed by atoms with Crippen LogP contribution in [0.25, 0.3) is 5.65 Å². The van der Waals surface area contributed by atoms with Crippen LogP contribution in [0, 0.1) is 6.92 Å². The second kappa shape index (κ2) is 4.53. The topological polar surface area (TPSA) is 78.3 Å². The first-order chi connectivity index (χ1) is 8.75. The number of aromatic nitrogens is 4. The lowest BCUT2D eigenvalue weighted by Gasteiger charge is -2.28. The zero-order valence-corrected chi connectivity index (χ0v) is 10.4. The molecule has 0 amide bonds. The minimum Gasteiger partial charge on any atom is -0.470 e. The van der Waals surface area contributed by atoms with Crippen LogP contribution in [0.4, 0.5) is 0 Å². The molecule has 1 saturated carbocycles. The molecule has 6 nitrogen and oxygen atoms in total. The second-order valence-corrected chi connectivity index (χ2v) is 4.78. The molecule has 0 radical (unpaired) electrons. The van der Waals surface area contributed by atoms with Gasteiger partial charge in [0, 0.05) is 18.4 Å². The molecule has 2 aromatic rings. The van der Waals surface area contributed by atoms with Gasteiger partial charge in [0.15, 0.2) is 0 Å². The third-order valence-corrected chi connectivity index (χ3v) is 3.48. The largest absolute Gasteiger partial charge is 0.470 e. The minimum atomic E-state index is 0.0365. The van der Waals surface area contributed by atoms with Crippen LogP contribution < -0.4 is 10.5 Å². The molecule has 2 heterocycles. The molecule has 1 aliphatic rings. The van der Waals surface area contributed by atoms with Gasteiger partial charge >= 0.3 is 0 Å². The Morgan fingerprint density at radius 3 is 3.00 bits per heavy atom. The molecule has 6 heteroatoms. The number of ether oxygens (including phenoxy) is 1. The Bertz CT molecular complexity index is 552. The summed E-state index contributed by atoms with van der Waals surface area (Å²) in [6.45, 7) is 1.90. The molecule has 0 aliphatic heterocycles. The maximum atomic E-state index is 6.08. The predicted octanol–water partition coefficient (Wildman–Crippen LogP) is 1.08. The summed E-state index contributed by atoms with van der Waals surface area (Å²) in [5.41, 5.74) is 6.74. The molecule has 96 valence electrons. The van der Waals surface area contributed by atoms with Crippen LogP contribution in [0.15, 0.2) is 12.4 Å². The molecule has 2 N–H and O–H groups in total. The predicted molar refractivity (Wildman–Crippen MR) is 66.4 cm³/mol. The van der Waals surface area contributed by atoms with Gasteiger partial charge in [0.1, 0.15) is 11.9 Å². The van der Waals surface area contributed by atoms with E-state index in [2.05, 4.69) is 15.2 Å². The summed E-state index contributed by atoms with van der Waals surface area (Å²) in [5.74, 6) is 1.35. The van der Waals surface area contributed by atoms with Gasteiger partial charge in [0.2, 0.25) is 5.65 Å². The fourth-order valence-electron chi connectivity index (χ4n) is 2.42. The smallest absolute Gasteiger partial charge is 0.260 e. The number of fused-ring (bicyclic) bond motifs is 1. The molecule has 0 spiro atoms. The number of hydrogen-bond acceptors (Lipinski definition) is 5. The Morgan fingerprint density at radius 1 is 1.33 bits per heavy atom. The lowest BCUT2D eigenvalue weighted by Crippen LogP contribution is -2.41. The van der Waals surface area contributed by atoms with E-state index in [1.807, 2.05) is 17.5 Å². The number of aryl methyl sites for hydroxylation is 1. The van der Waals surface area contributed by atoms with E-state index in [-0.39, 0.29) is 12.1 Å². The van der Waals surface area contributed by atoms with Gasteiger partial charge in [-0.15, -0.1) is 10.2 Å². The highest BCUT2D eigenvalue weighted by molar-refractivity contribution is 5.48. The summed E-state index contributed by atoms with van der Waals surface area (Å²) < 4.78 is 7.81. The van der Waals surface area contributed by atoms with Crippen LogP contribution in [-0.2, 0) is 0 Å². The van der Waals surface area contributed by atoms with Crippen molar-refractivity contribution < 1.29 is 4.74 Å². The van der Waals surface area contributed by atoms with Crippen LogP contribution in [0.5, 0.6) is 5.88 Å². The van der Waals surface area contributed by atoms with E-state index in [1.54, 1.807) is 6.20 Å². The molecule has 3 rings (SSSR count). The molecule has 0 aromatic carbocycles. The van der Waals surface area contributed by atoms with Crippen molar-refractivity contribution in [2.45, 2.75) is 44.8 Å². The van der Waals surface area contributed by atoms with Crippen molar-refractivity contribution in [1.29, 1.82) is 0 Å². The van der Waals surface area contributed by atoms with E-state index in [9.17, 15) is 0 Å². The van der Waals surface area contributed by atoms with Crippen molar-refractivity contribution in [2.24, 2.45) is 5.73 Å². The van der Waals surface area contributed by atoms with Gasteiger partial charge in [0.25, 0.3) is 5.88 Å². The molecule has 1 aliphatic carbocycles. The van der Waals surface area contributed by atoms with Gasteiger partial charge in [-0.1, -0.05) is 6.42 Å². The van der Waals surface area contributed by atoms with Crippen LogP contribution in [0.1, 0.15) is 31.5 Å². The highest BCUT2D eigenvalue weighted by Gasteiger charge is 2.25. The zero-order chi connectivity index (χ0) is 12.5. The molecule has 1 fully saturated rings. The minimum absolute atomic E-state index is 0.0365. The first kappa shape index (κ1) is 11.4. The maximum Gasteiger partial charge on any atom is 0.260 e. The molecule has 18 heavy (non-hydrogen) atoms. The Hall–Kier alpha value is -1.69. The van der Waals surface area contributed by atoms with Gasteiger partial charge in [-0.05, 0) is 26.2 Å². The lowest BCUT2D eigenvalue weighted by molar-refractivity contribution is 0.128. The molecular formula is C12H17N5O. The highest BCUT2D eigenvalue weighted by Crippen LogP contribution is 2.23. The van der Waals surface area contributed by atoms with Crippen molar-refractivity contribution in [3.63, 3.8) is 0 Å². The van der Waals surface area contributed by atoms with E-state index in [0.29, 0.717) is 11.5 Å². The third-order valence-electron chi connectivity index (χ3n) is 3.48. The fraction of sp³-hybridized carbons (Fsp3) is 0.583. The molecule has 0 bridgehead atoms. The molecule has 2 unspecified atom stereocenters. The molecular weight excluding hydrogens is 230 g/mol. The van der Waals surface area contributed by atoms with Crippen LogP contribution in [-0.4, -0.2) is 31.7 Å². The number of nitrogens with two attached hydrogens (primary N) is 1. The monoisotopic (exact) mass is 247 g/mol. The Kier molecular flexibility index (Phi) is 2.87. The van der Waals surface area contributed by atoms with Crippen molar-refractivity contribution in [2.75, 3.05) is 0 Å². The summed E-state index contributed by atoms with van der Waals surface area (Å²) in [7, 11) is 0. The van der Waals surface area contributed by atoms with E-state index in [4.69, 9.17) is 10.5 Å². The highest BCUT2D eigenvalue weighted by atomic mass is 16.5. The Labute approximate surface area is 105 Å². The van der Waals surface area contributed by atoms with Gasteiger partial charge in [-0.2, -0.15) is 0 Å². The second-order valence-electron chi connectivity index (χ2n) is 4.78. The summed E-state index contributed by atoms with van der Waals surface area (Å²) in [6, 6.07) is 0.0878. The summed E-state index contributed by atoms with van der Waals surface area (Å²) in [4.78, 5) is 4.25. The van der Waals surface area contributed by atoms with Gasteiger partial charge in [-0.3, -0.25) is 4.40 Å². The number of hydrogen-bond donors (Lipinski definition) is 1. The first-order valence-corrected chi connectivity index (χ1v) is 6.34. The molecule has 2 atom stereocenters. The van der Waals surface area contributed by atoms with Crippen molar-refractivity contribution in [3.05, 3.63) is 18.2 Å². The van der Waals surface area contributed by atoms with Gasteiger partial charge in [0.05, 0.1) is 0 Å². The van der Waals surface area contributed by atoms with Crippen LogP contribution in [0.3, 0.4) is 0 Å². The third kappa shape index (κ3) is 1.92. The quantitative estimate of drug-likeness (QED) is 0.859. The Balaban J connectivity index is 1.90. The number of nitrogens with zero attached hydrogens (tertiary/aromatic N) is 4. The standard InChI is InChI=1S/C12H17N5O/c1-8-15-16-11-12(14-6-7-17(8)11)18-10-5-3-2-4-9(10)13/h6-7,9-10H,2-5,13H2,1H3. The SMILES string of the molecule is Cc1nnc2c(OC3CCCCC3N)nccn12. The summed E-state index contributed by atoms with van der Waals surface area (Å²) in [6.07, 6.45) is 7.91. The summed E-state index contributed by atoms with van der Waals surface area (Å²) in [5, 5.41) is 8.12. The average molecular weight is 247 g/mol. The average Bonchev–Trinajstić information content (AvgIpc) is 2.76. The molecule has 2 aromatic heterocycles. The van der Waals surface area contributed by atoms with E-state index >= 15 is 0 Å². The van der Waals surface area contributed by atoms with E-state index in [1.165, 1.54) is 6.42 Å². The molecule has 0 saturated heterocycles. The van der Waals surface area contributed by atoms with Crippen LogP contribution in [0.2, 0.25) is 0 Å². The van der Waals surface area contributed by atoms with Crippen molar-refractivity contribution >= 4 is 5.65 Å². The first-order valence-electron chi connectivity index (χ1n) is 6.34. The fourth-order valence-corrected chi connectivity index (χ4v) is 2.42. The van der Waals surface area contributed by atoms with Gasteiger partial charge < -0.3 is 10.5 Å². The van der Waals surface area contributed by atoms with Crippen LogP contribution >= 0.6 is 0 Å². The summed E-state index contributed by atoms with van der Waals surface area (Å²) >= 11 is 0. The normalized spacial score (nSPS) is 24.3. The zero-order valence-electron chi connectivity index (χ0n) is 10.4. The Morgan fingerprint density at radius 2 is 2.17 bits per heavy atom. The van der Waals surface area contributed by atoms with Gasteiger partial charge in [-0.25, -0.2) is 4.98 Å². The maximum absolute atomic E-state index is 6.08. The lowest BCUT2D eigenvalue weighted by atomic mass is 9.93. The number of rotatable bonds is 2. The van der Waals surface area contributed by atoms with E-state index < -0.39 is 0 Å². The van der Waals surface area contributed by atoms with Crippen molar-refractivity contribution in [3.8, 4) is 5.88 Å². The van der Waals surface area contributed by atoms with E-state index in [0.717, 1.165) is 25.1 Å². The van der Waals surface area contributed by atoms with Crippen molar-refractivity contribution in [1.82, 2.24) is 19.6 Å².